The van der Waals surface area contributed by atoms with Gasteiger partial charge in [-0.3, -0.25) is 14.9 Å². The maximum atomic E-state index is 11.4. The van der Waals surface area contributed by atoms with E-state index in [1.807, 2.05) is 0 Å². The molecule has 1 amide bonds. The fraction of sp³-hybridized carbons (Fsp3) is 0.273. The molecule has 0 spiro atoms. The summed E-state index contributed by atoms with van der Waals surface area (Å²) < 4.78 is 0. The molecule has 0 aliphatic rings. The SMILES string of the molecule is CC(N)C(=O)NC(Nc1ccc([N+](=O)[O-])cc1)C(=O)O. The zero-order chi connectivity index (χ0) is 15.3. The number of benzene rings is 1. The molecule has 2 unspecified atom stereocenters. The molecule has 0 aliphatic carbocycles. The predicted molar refractivity (Wildman–Crippen MR) is 69.9 cm³/mol. The number of nitrogens with two attached hydrogens (primary N) is 1. The molecular formula is C11H14N4O5. The fourth-order valence-corrected chi connectivity index (χ4v) is 1.28. The van der Waals surface area contributed by atoms with Crippen molar-refractivity contribution in [3.63, 3.8) is 0 Å². The first kappa shape index (κ1) is 15.4. The van der Waals surface area contributed by atoms with Crippen LogP contribution >= 0.6 is 0 Å². The van der Waals surface area contributed by atoms with Crippen molar-refractivity contribution in [3.05, 3.63) is 34.4 Å². The molecule has 5 N–H and O–H groups in total. The molecule has 1 aromatic rings. The van der Waals surface area contributed by atoms with Crippen LogP contribution in [0.2, 0.25) is 0 Å². The Morgan fingerprint density at radius 2 is 1.90 bits per heavy atom. The van der Waals surface area contributed by atoms with Crippen molar-refractivity contribution in [2.75, 3.05) is 5.32 Å². The number of nitro benzene ring substituents is 1. The third-order valence-corrected chi connectivity index (χ3v) is 2.34. The summed E-state index contributed by atoms with van der Waals surface area (Å²) in [6, 6.07) is 4.26. The number of non-ortho nitro benzene ring substituents is 1. The van der Waals surface area contributed by atoms with E-state index in [-0.39, 0.29) is 5.69 Å². The van der Waals surface area contributed by atoms with Gasteiger partial charge in [0.1, 0.15) is 0 Å². The number of hydrogen-bond acceptors (Lipinski definition) is 6. The molecule has 0 saturated carbocycles. The molecule has 0 bridgehead atoms. The van der Waals surface area contributed by atoms with Crippen LogP contribution in [0.15, 0.2) is 24.3 Å². The standard InChI is InChI=1S/C11H14N4O5/c1-6(12)10(16)14-9(11(17)18)13-7-2-4-8(5-3-7)15(19)20/h2-6,9,13H,12H2,1H3,(H,14,16)(H,17,18). The summed E-state index contributed by atoms with van der Waals surface area (Å²) in [6.45, 7) is 1.42. The number of amides is 1. The number of carbonyl (C=O) groups is 2. The van der Waals surface area contributed by atoms with Crippen molar-refractivity contribution in [2.24, 2.45) is 5.73 Å². The Hall–Kier alpha value is -2.68. The number of carboxylic acids is 1. The summed E-state index contributed by atoms with van der Waals surface area (Å²) in [4.78, 5) is 32.3. The van der Waals surface area contributed by atoms with Crippen molar-refractivity contribution >= 4 is 23.3 Å². The van der Waals surface area contributed by atoms with E-state index in [4.69, 9.17) is 10.8 Å². The minimum absolute atomic E-state index is 0.123. The van der Waals surface area contributed by atoms with Crippen molar-refractivity contribution in [2.45, 2.75) is 19.1 Å². The number of anilines is 1. The van der Waals surface area contributed by atoms with Crippen LogP contribution in [0.4, 0.5) is 11.4 Å². The quantitative estimate of drug-likeness (QED) is 0.323. The van der Waals surface area contributed by atoms with Crippen molar-refractivity contribution in [1.82, 2.24) is 5.32 Å². The molecule has 0 aromatic heterocycles. The van der Waals surface area contributed by atoms with Gasteiger partial charge < -0.3 is 21.5 Å². The molecule has 0 aliphatic heterocycles. The van der Waals surface area contributed by atoms with Gasteiger partial charge in [-0.1, -0.05) is 0 Å². The third kappa shape index (κ3) is 4.21. The van der Waals surface area contributed by atoms with Gasteiger partial charge in [0.15, 0.2) is 6.17 Å². The molecule has 0 fully saturated rings. The van der Waals surface area contributed by atoms with Gasteiger partial charge in [0.25, 0.3) is 5.69 Å². The van der Waals surface area contributed by atoms with Gasteiger partial charge in [0.05, 0.1) is 11.0 Å². The summed E-state index contributed by atoms with van der Waals surface area (Å²) >= 11 is 0. The van der Waals surface area contributed by atoms with Crippen LogP contribution in [0.5, 0.6) is 0 Å². The van der Waals surface area contributed by atoms with Gasteiger partial charge in [-0.15, -0.1) is 0 Å². The lowest BCUT2D eigenvalue weighted by Crippen LogP contribution is -2.51. The monoisotopic (exact) mass is 282 g/mol. The van der Waals surface area contributed by atoms with Crippen LogP contribution in [0.3, 0.4) is 0 Å². The van der Waals surface area contributed by atoms with E-state index >= 15 is 0 Å². The lowest BCUT2D eigenvalue weighted by atomic mass is 10.2. The molecule has 108 valence electrons. The predicted octanol–water partition coefficient (Wildman–Crippen LogP) is -0.119. The zero-order valence-electron chi connectivity index (χ0n) is 10.6. The number of nitro groups is 1. The second-order valence-electron chi connectivity index (χ2n) is 4.02. The third-order valence-electron chi connectivity index (χ3n) is 2.34. The normalized spacial score (nSPS) is 13.1. The highest BCUT2D eigenvalue weighted by atomic mass is 16.6. The van der Waals surface area contributed by atoms with E-state index in [2.05, 4.69) is 10.6 Å². The summed E-state index contributed by atoms with van der Waals surface area (Å²) in [6.07, 6.45) is -1.38. The number of nitrogens with zero attached hydrogens (tertiary/aromatic N) is 1. The molecule has 0 saturated heterocycles. The van der Waals surface area contributed by atoms with Gasteiger partial charge in [0, 0.05) is 17.8 Å². The van der Waals surface area contributed by atoms with Crippen molar-refractivity contribution in [3.8, 4) is 0 Å². The summed E-state index contributed by atoms with van der Waals surface area (Å²) in [7, 11) is 0. The van der Waals surface area contributed by atoms with Crippen LogP contribution < -0.4 is 16.4 Å². The molecule has 9 heteroatoms. The Bertz CT molecular complexity index is 514. The van der Waals surface area contributed by atoms with E-state index in [0.29, 0.717) is 5.69 Å². The number of carbonyl (C=O) groups excluding carboxylic acids is 1. The Labute approximate surface area is 113 Å². The van der Waals surface area contributed by atoms with Crippen LogP contribution in [0, 0.1) is 10.1 Å². The second kappa shape index (κ2) is 6.48. The second-order valence-corrected chi connectivity index (χ2v) is 4.02. The van der Waals surface area contributed by atoms with Crippen molar-refractivity contribution in [1.29, 1.82) is 0 Å². The molecule has 9 nitrogen and oxygen atoms in total. The van der Waals surface area contributed by atoms with Gasteiger partial charge in [-0.25, -0.2) is 4.79 Å². The number of nitrogens with one attached hydrogen (secondary N) is 2. The molecule has 1 aromatic carbocycles. The minimum atomic E-state index is -1.38. The van der Waals surface area contributed by atoms with E-state index in [0.717, 1.165) is 0 Å². The van der Waals surface area contributed by atoms with Crippen LogP contribution in [0.1, 0.15) is 6.92 Å². The molecular weight excluding hydrogens is 268 g/mol. The number of hydrogen-bond donors (Lipinski definition) is 4. The maximum absolute atomic E-state index is 11.4. The molecule has 0 heterocycles. The maximum Gasteiger partial charge on any atom is 0.347 e. The molecule has 2 atom stereocenters. The van der Waals surface area contributed by atoms with Crippen LogP contribution in [-0.2, 0) is 9.59 Å². The summed E-state index contributed by atoms with van der Waals surface area (Å²) in [5, 5.41) is 24.2. The fourth-order valence-electron chi connectivity index (χ4n) is 1.28. The molecule has 1 rings (SSSR count). The number of carboxylic acid groups (broad SMARTS) is 1. The van der Waals surface area contributed by atoms with Crippen LogP contribution in [-0.4, -0.2) is 34.1 Å². The van der Waals surface area contributed by atoms with Gasteiger partial charge in [-0.05, 0) is 19.1 Å². The number of aliphatic carboxylic acids is 1. The highest BCUT2D eigenvalue weighted by Crippen LogP contribution is 2.15. The Kier molecular flexibility index (Phi) is 4.98. The highest BCUT2D eigenvalue weighted by molar-refractivity contribution is 5.87. The average Bonchev–Trinajstić information content (AvgIpc) is 2.38. The topological polar surface area (TPSA) is 148 Å². The van der Waals surface area contributed by atoms with E-state index < -0.39 is 29.0 Å². The van der Waals surface area contributed by atoms with Crippen molar-refractivity contribution < 1.29 is 19.6 Å². The smallest absolute Gasteiger partial charge is 0.347 e. The Morgan fingerprint density at radius 1 is 1.35 bits per heavy atom. The van der Waals surface area contributed by atoms with Crippen LogP contribution in [0.25, 0.3) is 0 Å². The highest BCUT2D eigenvalue weighted by Gasteiger charge is 2.21. The van der Waals surface area contributed by atoms with E-state index in [9.17, 15) is 19.7 Å². The zero-order valence-corrected chi connectivity index (χ0v) is 10.6. The van der Waals surface area contributed by atoms with Gasteiger partial charge in [0.2, 0.25) is 5.91 Å². The van der Waals surface area contributed by atoms with Gasteiger partial charge in [-0.2, -0.15) is 0 Å². The largest absolute Gasteiger partial charge is 0.478 e. The summed E-state index contributed by atoms with van der Waals surface area (Å²) in [5.41, 5.74) is 5.51. The molecule has 0 radical (unpaired) electrons. The first-order valence-corrected chi connectivity index (χ1v) is 5.61. The average molecular weight is 282 g/mol. The first-order valence-electron chi connectivity index (χ1n) is 5.61. The summed E-state index contributed by atoms with van der Waals surface area (Å²) in [5.74, 6) is -1.94. The lowest BCUT2D eigenvalue weighted by Gasteiger charge is -2.18. The van der Waals surface area contributed by atoms with E-state index in [1.165, 1.54) is 31.2 Å². The van der Waals surface area contributed by atoms with E-state index in [1.54, 1.807) is 0 Å². The minimum Gasteiger partial charge on any atom is -0.478 e. The number of rotatable bonds is 6. The lowest BCUT2D eigenvalue weighted by molar-refractivity contribution is -0.384. The molecule has 20 heavy (non-hydrogen) atoms. The Balaban J connectivity index is 2.78. The first-order chi connectivity index (χ1) is 9.31. The Morgan fingerprint density at radius 3 is 2.30 bits per heavy atom. The van der Waals surface area contributed by atoms with Gasteiger partial charge >= 0.3 is 5.97 Å².